The summed E-state index contributed by atoms with van der Waals surface area (Å²) in [5.41, 5.74) is 0.954. The minimum absolute atomic E-state index is 0.133. The molecular formula is C17H18N2O3. The number of pyridine rings is 1. The van der Waals surface area contributed by atoms with Crippen LogP contribution in [0.5, 0.6) is 0 Å². The highest BCUT2D eigenvalue weighted by atomic mass is 16.5. The number of carbonyl (C=O) groups excluding carboxylic acids is 2. The van der Waals surface area contributed by atoms with E-state index in [1.165, 1.54) is 0 Å². The first-order valence-electron chi connectivity index (χ1n) is 7.51. The molecule has 1 aromatic carbocycles. The number of hydrogen-bond donors (Lipinski definition) is 0. The van der Waals surface area contributed by atoms with Crippen molar-refractivity contribution in [3.05, 3.63) is 42.1 Å². The fourth-order valence-corrected chi connectivity index (χ4v) is 2.65. The number of ether oxygens (including phenoxy) is 1. The first kappa shape index (κ1) is 14.5. The zero-order valence-electron chi connectivity index (χ0n) is 12.5. The van der Waals surface area contributed by atoms with Crippen molar-refractivity contribution in [2.75, 3.05) is 13.1 Å². The Kier molecular flexibility index (Phi) is 4.04. The van der Waals surface area contributed by atoms with Gasteiger partial charge in [0.05, 0.1) is 5.52 Å². The van der Waals surface area contributed by atoms with Crippen molar-refractivity contribution in [2.45, 2.75) is 25.9 Å². The summed E-state index contributed by atoms with van der Waals surface area (Å²) in [7, 11) is 0. The van der Waals surface area contributed by atoms with Gasteiger partial charge in [-0.25, -0.2) is 9.78 Å². The third-order valence-electron chi connectivity index (χ3n) is 3.86. The van der Waals surface area contributed by atoms with Gasteiger partial charge in [-0.15, -0.1) is 0 Å². The highest BCUT2D eigenvalue weighted by Crippen LogP contribution is 2.14. The number of likely N-dealkylation sites (tertiary alicyclic amines) is 1. The smallest absolute Gasteiger partial charge is 0.357 e. The average Bonchev–Trinajstić information content (AvgIpc) is 3.08. The number of aromatic nitrogens is 1. The Morgan fingerprint density at radius 1 is 1.14 bits per heavy atom. The van der Waals surface area contributed by atoms with Crippen LogP contribution in [0.2, 0.25) is 0 Å². The molecule has 5 nitrogen and oxygen atoms in total. The van der Waals surface area contributed by atoms with Gasteiger partial charge in [0, 0.05) is 18.5 Å². The van der Waals surface area contributed by atoms with Crippen LogP contribution in [0.1, 0.15) is 30.3 Å². The van der Waals surface area contributed by atoms with Gasteiger partial charge in [-0.05, 0) is 31.9 Å². The molecule has 1 saturated heterocycles. The third-order valence-corrected chi connectivity index (χ3v) is 3.86. The second-order valence-corrected chi connectivity index (χ2v) is 5.47. The van der Waals surface area contributed by atoms with Crippen LogP contribution in [0.4, 0.5) is 0 Å². The van der Waals surface area contributed by atoms with Gasteiger partial charge in [-0.2, -0.15) is 0 Å². The molecule has 0 unspecified atom stereocenters. The minimum Gasteiger partial charge on any atom is -0.448 e. The molecule has 2 aromatic rings. The van der Waals surface area contributed by atoms with Gasteiger partial charge in [-0.1, -0.05) is 24.3 Å². The van der Waals surface area contributed by atoms with Crippen LogP contribution < -0.4 is 0 Å². The number of amides is 1. The van der Waals surface area contributed by atoms with Crippen molar-refractivity contribution >= 4 is 22.8 Å². The van der Waals surface area contributed by atoms with E-state index in [1.807, 2.05) is 30.3 Å². The van der Waals surface area contributed by atoms with Crippen LogP contribution in [0, 0.1) is 0 Å². The lowest BCUT2D eigenvalue weighted by Gasteiger charge is -2.20. The molecule has 1 atom stereocenters. The highest BCUT2D eigenvalue weighted by molar-refractivity contribution is 5.93. The molecule has 22 heavy (non-hydrogen) atoms. The summed E-state index contributed by atoms with van der Waals surface area (Å²) in [5, 5.41) is 0.959. The molecule has 1 aliphatic rings. The molecule has 3 rings (SSSR count). The first-order valence-corrected chi connectivity index (χ1v) is 7.51. The van der Waals surface area contributed by atoms with Crippen LogP contribution in [-0.2, 0) is 9.53 Å². The Morgan fingerprint density at radius 2 is 1.86 bits per heavy atom. The predicted molar refractivity (Wildman–Crippen MR) is 82.4 cm³/mol. The second-order valence-electron chi connectivity index (χ2n) is 5.47. The topological polar surface area (TPSA) is 59.5 Å². The average molecular weight is 298 g/mol. The summed E-state index contributed by atoms with van der Waals surface area (Å²) >= 11 is 0. The van der Waals surface area contributed by atoms with Gasteiger partial charge in [0.15, 0.2) is 6.10 Å². The number of benzene rings is 1. The number of esters is 1. The Labute approximate surface area is 128 Å². The van der Waals surface area contributed by atoms with Crippen LogP contribution in [-0.4, -0.2) is 41.0 Å². The van der Waals surface area contributed by atoms with E-state index in [0.29, 0.717) is 0 Å². The minimum atomic E-state index is -0.779. The van der Waals surface area contributed by atoms with Gasteiger partial charge in [0.2, 0.25) is 0 Å². The number of rotatable bonds is 3. The molecule has 1 amide bonds. The summed E-state index contributed by atoms with van der Waals surface area (Å²) in [5.74, 6) is -0.697. The lowest BCUT2D eigenvalue weighted by Crippen LogP contribution is -2.38. The Balaban J connectivity index is 1.70. The van der Waals surface area contributed by atoms with Crippen LogP contribution in [0.3, 0.4) is 0 Å². The lowest BCUT2D eigenvalue weighted by molar-refractivity contribution is -0.138. The van der Waals surface area contributed by atoms with Crippen molar-refractivity contribution in [1.29, 1.82) is 0 Å². The van der Waals surface area contributed by atoms with E-state index in [0.717, 1.165) is 36.8 Å². The summed E-state index contributed by atoms with van der Waals surface area (Å²) in [6.07, 6.45) is 1.25. The fraction of sp³-hybridized carbons (Fsp3) is 0.353. The first-order chi connectivity index (χ1) is 10.6. The molecule has 0 N–H and O–H groups in total. The molecule has 0 saturated carbocycles. The van der Waals surface area contributed by atoms with E-state index >= 15 is 0 Å². The summed E-state index contributed by atoms with van der Waals surface area (Å²) in [4.78, 5) is 30.3. The maximum Gasteiger partial charge on any atom is 0.357 e. The van der Waals surface area contributed by atoms with Crippen molar-refractivity contribution in [3.63, 3.8) is 0 Å². The number of para-hydroxylation sites is 1. The summed E-state index contributed by atoms with van der Waals surface area (Å²) in [6.45, 7) is 3.10. The molecular weight excluding hydrogens is 280 g/mol. The third kappa shape index (κ3) is 2.93. The fourth-order valence-electron chi connectivity index (χ4n) is 2.65. The molecule has 0 aliphatic carbocycles. The number of hydrogen-bond acceptors (Lipinski definition) is 4. The molecule has 1 aliphatic heterocycles. The monoisotopic (exact) mass is 298 g/mol. The molecule has 0 bridgehead atoms. The van der Waals surface area contributed by atoms with Crippen molar-refractivity contribution < 1.29 is 14.3 Å². The zero-order chi connectivity index (χ0) is 15.5. The van der Waals surface area contributed by atoms with Gasteiger partial charge >= 0.3 is 5.97 Å². The molecule has 1 fully saturated rings. The van der Waals surface area contributed by atoms with Gasteiger partial charge in [0.25, 0.3) is 5.91 Å². The van der Waals surface area contributed by atoms with E-state index in [2.05, 4.69) is 4.98 Å². The number of fused-ring (bicyclic) bond motifs is 1. The molecule has 0 radical (unpaired) electrons. The Hall–Kier alpha value is -2.43. The summed E-state index contributed by atoms with van der Waals surface area (Å²) in [6, 6.07) is 11.0. The van der Waals surface area contributed by atoms with Crippen LogP contribution in [0.15, 0.2) is 36.4 Å². The molecule has 114 valence electrons. The van der Waals surface area contributed by atoms with Gasteiger partial charge in [0.1, 0.15) is 5.69 Å². The van der Waals surface area contributed by atoms with Gasteiger partial charge < -0.3 is 9.64 Å². The predicted octanol–water partition coefficient (Wildman–Crippen LogP) is 2.40. The second kappa shape index (κ2) is 6.13. The van der Waals surface area contributed by atoms with Crippen LogP contribution in [0.25, 0.3) is 10.9 Å². The normalized spacial score (nSPS) is 15.8. The lowest BCUT2D eigenvalue weighted by atomic mass is 10.2. The highest BCUT2D eigenvalue weighted by Gasteiger charge is 2.26. The maximum atomic E-state index is 12.2. The Bertz CT molecular complexity index is 708. The van der Waals surface area contributed by atoms with E-state index in [4.69, 9.17) is 4.74 Å². The van der Waals surface area contributed by atoms with Gasteiger partial charge in [-0.3, -0.25) is 4.79 Å². The molecule has 2 heterocycles. The standard InChI is InChI=1S/C17H18N2O3/c1-12(16(20)19-10-4-5-11-19)22-17(21)15-9-8-13-6-2-3-7-14(13)18-15/h2-3,6-9,12H,4-5,10-11H2,1H3/t12-/m0/s1. The molecule has 0 spiro atoms. The Morgan fingerprint density at radius 3 is 2.64 bits per heavy atom. The van der Waals surface area contributed by atoms with E-state index < -0.39 is 12.1 Å². The van der Waals surface area contributed by atoms with Crippen molar-refractivity contribution in [3.8, 4) is 0 Å². The van der Waals surface area contributed by atoms with Crippen LogP contribution >= 0.6 is 0 Å². The SMILES string of the molecule is C[C@H](OC(=O)c1ccc2ccccc2n1)C(=O)N1CCCC1. The maximum absolute atomic E-state index is 12.2. The van der Waals surface area contributed by atoms with E-state index in [-0.39, 0.29) is 11.6 Å². The molecule has 1 aromatic heterocycles. The number of nitrogens with zero attached hydrogens (tertiary/aromatic N) is 2. The van der Waals surface area contributed by atoms with E-state index in [9.17, 15) is 9.59 Å². The zero-order valence-corrected chi connectivity index (χ0v) is 12.5. The quantitative estimate of drug-likeness (QED) is 0.816. The van der Waals surface area contributed by atoms with E-state index in [1.54, 1.807) is 17.9 Å². The summed E-state index contributed by atoms with van der Waals surface area (Å²) < 4.78 is 5.27. The number of carbonyl (C=O) groups is 2. The molecule has 5 heteroatoms. The van der Waals surface area contributed by atoms with Crippen molar-refractivity contribution in [2.24, 2.45) is 0 Å². The van der Waals surface area contributed by atoms with Crippen molar-refractivity contribution in [1.82, 2.24) is 9.88 Å². The largest absolute Gasteiger partial charge is 0.448 e.